The van der Waals surface area contributed by atoms with Gasteiger partial charge < -0.3 is 9.80 Å². The van der Waals surface area contributed by atoms with Gasteiger partial charge in [-0.2, -0.15) is 0 Å². The van der Waals surface area contributed by atoms with Gasteiger partial charge in [0.05, 0.1) is 28.4 Å². The molecule has 0 N–H and O–H groups in total. The fourth-order valence-electron chi connectivity index (χ4n) is 7.25. The summed E-state index contributed by atoms with van der Waals surface area (Å²) in [5.41, 5.74) is 15.5. The molecule has 0 saturated heterocycles. The summed E-state index contributed by atoms with van der Waals surface area (Å²) < 4.78 is 0. The SMILES string of the molecule is CC1(C)c2ccccc2-c2ccc(N3c4ccccc4N4c5ccccc5C(C)(C)c5cccc3c54)cc21. The molecule has 2 aliphatic heterocycles. The van der Waals surface area contributed by atoms with Crippen LogP contribution in [0.25, 0.3) is 11.1 Å². The normalized spacial score (nSPS) is 16.7. The van der Waals surface area contributed by atoms with Gasteiger partial charge in [0.25, 0.3) is 0 Å². The second-order valence-corrected chi connectivity index (χ2v) is 11.9. The van der Waals surface area contributed by atoms with Gasteiger partial charge in [0.1, 0.15) is 0 Å². The van der Waals surface area contributed by atoms with E-state index in [1.165, 1.54) is 67.5 Å². The van der Waals surface area contributed by atoms with Gasteiger partial charge >= 0.3 is 0 Å². The Hall–Kier alpha value is -4.30. The Morgan fingerprint density at radius 3 is 1.76 bits per heavy atom. The summed E-state index contributed by atoms with van der Waals surface area (Å²) >= 11 is 0. The smallest absolute Gasteiger partial charge is 0.0744 e. The van der Waals surface area contributed by atoms with Crippen LogP contribution >= 0.6 is 0 Å². The van der Waals surface area contributed by atoms with Gasteiger partial charge in [-0.25, -0.2) is 0 Å². The van der Waals surface area contributed by atoms with E-state index in [0.717, 1.165) is 0 Å². The van der Waals surface area contributed by atoms with E-state index in [0.29, 0.717) is 0 Å². The number of rotatable bonds is 1. The van der Waals surface area contributed by atoms with Crippen molar-refractivity contribution >= 4 is 34.1 Å². The van der Waals surface area contributed by atoms with E-state index in [2.05, 4.69) is 147 Å². The van der Waals surface area contributed by atoms with E-state index in [4.69, 9.17) is 0 Å². The van der Waals surface area contributed by atoms with Crippen LogP contribution in [0.1, 0.15) is 49.9 Å². The van der Waals surface area contributed by atoms with Gasteiger partial charge in [0.15, 0.2) is 0 Å². The van der Waals surface area contributed by atoms with Crippen molar-refractivity contribution < 1.29 is 0 Å². The summed E-state index contributed by atoms with van der Waals surface area (Å²) in [5.74, 6) is 0. The first-order valence-electron chi connectivity index (χ1n) is 13.6. The Bertz CT molecular complexity index is 1790. The highest BCUT2D eigenvalue weighted by atomic mass is 15.3. The Kier molecular flexibility index (Phi) is 4.10. The molecule has 0 atom stereocenters. The molecule has 0 aromatic heterocycles. The molecule has 1 aliphatic carbocycles. The van der Waals surface area contributed by atoms with E-state index in [-0.39, 0.29) is 10.8 Å². The lowest BCUT2D eigenvalue weighted by atomic mass is 9.72. The van der Waals surface area contributed by atoms with Crippen LogP contribution < -0.4 is 9.80 Å². The van der Waals surface area contributed by atoms with Crippen molar-refractivity contribution in [3.8, 4) is 11.1 Å². The number of hydrogen-bond donors (Lipinski definition) is 0. The number of benzene rings is 5. The molecular formula is C36H30N2. The number of hydrogen-bond acceptors (Lipinski definition) is 2. The van der Waals surface area contributed by atoms with Gasteiger partial charge in [-0.05, 0) is 69.8 Å². The highest BCUT2D eigenvalue weighted by molar-refractivity contribution is 6.05. The maximum Gasteiger partial charge on any atom is 0.0744 e. The Morgan fingerprint density at radius 2 is 0.974 bits per heavy atom. The maximum atomic E-state index is 2.49. The minimum Gasteiger partial charge on any atom is -0.306 e. The minimum atomic E-state index is -0.0992. The molecule has 3 aliphatic rings. The molecule has 0 fully saturated rings. The first-order chi connectivity index (χ1) is 18.4. The molecule has 0 amide bonds. The summed E-state index contributed by atoms with van der Waals surface area (Å²) in [6.45, 7) is 9.44. The molecule has 184 valence electrons. The van der Waals surface area contributed by atoms with Crippen LogP contribution in [-0.2, 0) is 10.8 Å². The van der Waals surface area contributed by atoms with Gasteiger partial charge in [-0.1, -0.05) is 100 Å². The third kappa shape index (κ3) is 2.58. The van der Waals surface area contributed by atoms with E-state index in [1.54, 1.807) is 0 Å². The van der Waals surface area contributed by atoms with Crippen molar-refractivity contribution in [1.29, 1.82) is 0 Å². The largest absolute Gasteiger partial charge is 0.306 e. The van der Waals surface area contributed by atoms with Crippen LogP contribution in [0.5, 0.6) is 0 Å². The molecule has 2 heteroatoms. The standard InChI is InChI=1S/C36H30N2/c1-35(2)26-13-6-5-12-24(26)25-21-20-23(22-29(25)35)37-31-17-9-10-18-32(31)38-30-16-8-7-14-27(30)36(3,4)28-15-11-19-33(37)34(28)38/h5-22H,1-4H3. The van der Waals surface area contributed by atoms with Crippen molar-refractivity contribution in [3.05, 3.63) is 131 Å². The van der Waals surface area contributed by atoms with Crippen LogP contribution in [0.3, 0.4) is 0 Å². The summed E-state index contributed by atoms with van der Waals surface area (Å²) in [6, 6.07) is 40.6. The first kappa shape index (κ1) is 21.8. The second kappa shape index (κ2) is 7.17. The third-order valence-electron chi connectivity index (χ3n) is 9.16. The molecule has 8 rings (SSSR count). The summed E-state index contributed by atoms with van der Waals surface area (Å²) in [6.07, 6.45) is 0. The molecular weight excluding hydrogens is 460 g/mol. The molecule has 2 nitrogen and oxygen atoms in total. The van der Waals surface area contributed by atoms with E-state index in [9.17, 15) is 0 Å². The van der Waals surface area contributed by atoms with Crippen molar-refractivity contribution in [2.24, 2.45) is 0 Å². The van der Waals surface area contributed by atoms with Crippen molar-refractivity contribution in [2.45, 2.75) is 38.5 Å². The fourth-order valence-corrected chi connectivity index (χ4v) is 7.25. The summed E-state index contributed by atoms with van der Waals surface area (Å²) in [4.78, 5) is 4.97. The predicted molar refractivity (Wildman–Crippen MR) is 159 cm³/mol. The second-order valence-electron chi connectivity index (χ2n) is 11.9. The van der Waals surface area contributed by atoms with Crippen LogP contribution in [0.15, 0.2) is 109 Å². The Morgan fingerprint density at radius 1 is 0.421 bits per heavy atom. The fraction of sp³-hybridized carbons (Fsp3) is 0.167. The van der Waals surface area contributed by atoms with Crippen molar-refractivity contribution in [2.75, 3.05) is 9.80 Å². The molecule has 0 radical (unpaired) electrons. The average Bonchev–Trinajstić information content (AvgIpc) is 3.17. The molecule has 0 spiro atoms. The highest BCUT2D eigenvalue weighted by Crippen LogP contribution is 2.62. The van der Waals surface area contributed by atoms with E-state index in [1.807, 2.05) is 0 Å². The average molecular weight is 491 g/mol. The van der Waals surface area contributed by atoms with Gasteiger partial charge in [0, 0.05) is 16.5 Å². The zero-order valence-corrected chi connectivity index (χ0v) is 22.3. The monoisotopic (exact) mass is 490 g/mol. The number of anilines is 6. The molecule has 0 unspecified atom stereocenters. The van der Waals surface area contributed by atoms with Crippen molar-refractivity contribution in [1.82, 2.24) is 0 Å². The maximum absolute atomic E-state index is 2.49. The highest BCUT2D eigenvalue weighted by Gasteiger charge is 2.43. The lowest BCUT2D eigenvalue weighted by molar-refractivity contribution is 0.631. The summed E-state index contributed by atoms with van der Waals surface area (Å²) in [7, 11) is 0. The van der Waals surface area contributed by atoms with Crippen LogP contribution in [0.4, 0.5) is 34.1 Å². The zero-order chi connectivity index (χ0) is 25.8. The van der Waals surface area contributed by atoms with Crippen LogP contribution in [0, 0.1) is 0 Å². The van der Waals surface area contributed by atoms with Gasteiger partial charge in [-0.15, -0.1) is 0 Å². The molecule has 5 aromatic rings. The molecule has 2 heterocycles. The number of nitrogens with zero attached hydrogens (tertiary/aromatic N) is 2. The molecule has 38 heavy (non-hydrogen) atoms. The van der Waals surface area contributed by atoms with E-state index < -0.39 is 0 Å². The number of fused-ring (bicyclic) bond motifs is 7. The lowest BCUT2D eigenvalue weighted by Gasteiger charge is -2.48. The van der Waals surface area contributed by atoms with Crippen LogP contribution in [-0.4, -0.2) is 0 Å². The van der Waals surface area contributed by atoms with Crippen LogP contribution in [0.2, 0.25) is 0 Å². The lowest BCUT2D eigenvalue weighted by Crippen LogP contribution is -2.34. The van der Waals surface area contributed by atoms with Crippen molar-refractivity contribution in [3.63, 3.8) is 0 Å². The predicted octanol–water partition coefficient (Wildman–Crippen LogP) is 9.89. The molecule has 5 aromatic carbocycles. The number of para-hydroxylation sites is 4. The molecule has 0 saturated carbocycles. The van der Waals surface area contributed by atoms with Gasteiger partial charge in [-0.3, -0.25) is 0 Å². The Balaban J connectivity index is 1.40. The minimum absolute atomic E-state index is 0.0413. The third-order valence-corrected chi connectivity index (χ3v) is 9.16. The van der Waals surface area contributed by atoms with Gasteiger partial charge in [0.2, 0.25) is 0 Å². The summed E-state index contributed by atoms with van der Waals surface area (Å²) in [5, 5.41) is 0. The Labute approximate surface area is 224 Å². The first-order valence-corrected chi connectivity index (χ1v) is 13.6. The zero-order valence-electron chi connectivity index (χ0n) is 22.3. The topological polar surface area (TPSA) is 6.48 Å². The van der Waals surface area contributed by atoms with E-state index >= 15 is 0 Å². The quantitative estimate of drug-likeness (QED) is 0.226. The molecule has 0 bridgehead atoms.